The van der Waals surface area contributed by atoms with Gasteiger partial charge in [0.2, 0.25) is 0 Å². The number of aldehydes is 1. The molecule has 0 radical (unpaired) electrons. The van der Waals surface area contributed by atoms with Crippen LogP contribution in [0.2, 0.25) is 0 Å². The summed E-state index contributed by atoms with van der Waals surface area (Å²) in [5, 5.41) is 0. The van der Waals surface area contributed by atoms with E-state index in [9.17, 15) is 4.79 Å². The molecule has 2 unspecified atom stereocenters. The molecular weight excluding hydrogens is 388 g/mol. The van der Waals surface area contributed by atoms with Gasteiger partial charge in [-0.05, 0) is 104 Å². The Morgan fingerprint density at radius 2 is 1.50 bits per heavy atom. The molecule has 4 fully saturated rings. The van der Waals surface area contributed by atoms with E-state index in [-0.39, 0.29) is 0 Å². The lowest BCUT2D eigenvalue weighted by molar-refractivity contribution is -0.134. The van der Waals surface area contributed by atoms with Gasteiger partial charge in [-0.15, -0.1) is 13.2 Å². The predicted octanol–water partition coefficient (Wildman–Crippen LogP) is 9.75. The third-order valence-electron chi connectivity index (χ3n) is 10.4. The minimum absolute atomic E-state index is 0.557. The van der Waals surface area contributed by atoms with Crippen LogP contribution in [0.25, 0.3) is 0 Å². The highest BCUT2D eigenvalue weighted by atomic mass is 16.1. The fourth-order valence-corrected chi connectivity index (χ4v) is 9.32. The Labute approximate surface area is 202 Å². The van der Waals surface area contributed by atoms with E-state index < -0.39 is 0 Å². The van der Waals surface area contributed by atoms with E-state index in [1.807, 2.05) is 27.7 Å². The van der Waals surface area contributed by atoms with E-state index in [0.29, 0.717) is 10.8 Å². The number of hydrogen-bond acceptors (Lipinski definition) is 1. The van der Waals surface area contributed by atoms with Crippen molar-refractivity contribution < 1.29 is 4.79 Å². The van der Waals surface area contributed by atoms with Crippen molar-refractivity contribution in [3.63, 3.8) is 0 Å². The van der Waals surface area contributed by atoms with Crippen LogP contribution in [0, 0.1) is 52.3 Å². The van der Waals surface area contributed by atoms with E-state index >= 15 is 0 Å². The van der Waals surface area contributed by atoms with Crippen LogP contribution in [0.15, 0.2) is 13.2 Å². The van der Waals surface area contributed by atoms with Crippen LogP contribution in [0.5, 0.6) is 0 Å². The van der Waals surface area contributed by atoms with Crippen LogP contribution in [0.3, 0.4) is 0 Å². The quantitative estimate of drug-likeness (QED) is 0.310. The first-order chi connectivity index (χ1) is 15.4. The van der Waals surface area contributed by atoms with Crippen molar-refractivity contribution in [3.8, 4) is 0 Å². The third kappa shape index (κ3) is 5.38. The molecule has 4 aliphatic carbocycles. The Balaban J connectivity index is 0.000000789. The molecule has 0 N–H and O–H groups in total. The minimum atomic E-state index is 0.557. The maximum atomic E-state index is 10.9. The van der Waals surface area contributed by atoms with Gasteiger partial charge in [0.05, 0.1) is 0 Å². The zero-order valence-electron chi connectivity index (χ0n) is 23.2. The number of carbonyl (C=O) groups is 1. The molecule has 0 aromatic carbocycles. The SMILES string of the molecule is C=C.CC.CC.C[C@H](CCC=O)C1CCC2[C@@H]3C[C@H](C)[C@@H]4CCCC[C@]4(C)[C@H]3CC[C@]12C. The maximum Gasteiger partial charge on any atom is 0.120 e. The average Bonchev–Trinajstić information content (AvgIpc) is 3.19. The summed E-state index contributed by atoms with van der Waals surface area (Å²) in [6.45, 7) is 24.4. The molecule has 32 heavy (non-hydrogen) atoms. The van der Waals surface area contributed by atoms with E-state index in [4.69, 9.17) is 0 Å². The highest BCUT2D eigenvalue weighted by Crippen LogP contribution is 2.69. The summed E-state index contributed by atoms with van der Waals surface area (Å²) < 4.78 is 0. The van der Waals surface area contributed by atoms with Crippen molar-refractivity contribution >= 4 is 6.29 Å². The molecule has 188 valence electrons. The Kier molecular flexibility index (Phi) is 12.3. The highest BCUT2D eigenvalue weighted by molar-refractivity contribution is 5.49. The lowest BCUT2D eigenvalue weighted by atomic mass is 9.43. The van der Waals surface area contributed by atoms with Crippen molar-refractivity contribution in [2.75, 3.05) is 0 Å². The highest BCUT2D eigenvalue weighted by Gasteiger charge is 2.61. The van der Waals surface area contributed by atoms with Gasteiger partial charge >= 0.3 is 0 Å². The first-order valence-corrected chi connectivity index (χ1v) is 14.4. The fraction of sp³-hybridized carbons (Fsp3) is 0.903. The monoisotopic (exact) mass is 446 g/mol. The standard InChI is InChI=1S/C25H42O.2C2H6.C2H4/c1-17(8-7-15-26)21-10-11-22-19-16-18(2)20-9-5-6-13-24(20,3)23(19)12-14-25(21,22)4;3*1-2/h15,17-23H,5-14,16H2,1-4H3;2*1-2H3;1-2H2/t17-,18+,19+,20+,21?,22?,23+,24+,25-;;;/m1.../s1. The average molecular weight is 447 g/mol. The van der Waals surface area contributed by atoms with E-state index in [2.05, 4.69) is 40.9 Å². The zero-order chi connectivity index (χ0) is 24.5. The van der Waals surface area contributed by atoms with Crippen LogP contribution in [-0.4, -0.2) is 6.29 Å². The van der Waals surface area contributed by atoms with Crippen molar-refractivity contribution in [2.24, 2.45) is 52.3 Å². The summed E-state index contributed by atoms with van der Waals surface area (Å²) in [7, 11) is 0. The smallest absolute Gasteiger partial charge is 0.120 e. The van der Waals surface area contributed by atoms with Gasteiger partial charge < -0.3 is 4.79 Å². The number of rotatable bonds is 4. The summed E-state index contributed by atoms with van der Waals surface area (Å²) >= 11 is 0. The van der Waals surface area contributed by atoms with E-state index in [0.717, 1.165) is 60.6 Å². The number of hydrogen-bond donors (Lipinski definition) is 0. The molecule has 0 bridgehead atoms. The lowest BCUT2D eigenvalue weighted by Crippen LogP contribution is -2.55. The Morgan fingerprint density at radius 1 is 0.875 bits per heavy atom. The molecule has 1 nitrogen and oxygen atoms in total. The summed E-state index contributed by atoms with van der Waals surface area (Å²) in [6, 6.07) is 0. The van der Waals surface area contributed by atoms with Crippen LogP contribution in [0.1, 0.15) is 126 Å². The molecule has 1 heteroatoms. The lowest BCUT2D eigenvalue weighted by Gasteiger charge is -2.62. The molecule has 0 spiro atoms. The summed E-state index contributed by atoms with van der Waals surface area (Å²) in [6.07, 6.45) is 16.4. The first-order valence-electron chi connectivity index (χ1n) is 14.4. The van der Waals surface area contributed by atoms with E-state index in [1.165, 1.54) is 57.8 Å². The van der Waals surface area contributed by atoms with Crippen LogP contribution < -0.4 is 0 Å². The second kappa shape index (κ2) is 13.3. The summed E-state index contributed by atoms with van der Waals surface area (Å²) in [4.78, 5) is 10.9. The second-order valence-electron chi connectivity index (χ2n) is 11.4. The molecule has 0 amide bonds. The molecule has 0 saturated heterocycles. The van der Waals surface area contributed by atoms with Crippen LogP contribution in [0.4, 0.5) is 0 Å². The Morgan fingerprint density at radius 3 is 2.12 bits per heavy atom. The van der Waals surface area contributed by atoms with Gasteiger partial charge in [-0.2, -0.15) is 0 Å². The third-order valence-corrected chi connectivity index (χ3v) is 10.4. The van der Waals surface area contributed by atoms with Gasteiger partial charge in [0.25, 0.3) is 0 Å². The fourth-order valence-electron chi connectivity index (χ4n) is 9.32. The Hall–Kier alpha value is -0.590. The largest absolute Gasteiger partial charge is 0.303 e. The molecule has 9 atom stereocenters. The molecule has 0 aromatic heterocycles. The minimum Gasteiger partial charge on any atom is -0.303 e. The van der Waals surface area contributed by atoms with Gasteiger partial charge in [-0.1, -0.05) is 68.2 Å². The van der Waals surface area contributed by atoms with Crippen molar-refractivity contribution in [3.05, 3.63) is 13.2 Å². The van der Waals surface area contributed by atoms with Crippen molar-refractivity contribution in [1.82, 2.24) is 0 Å². The van der Waals surface area contributed by atoms with Crippen LogP contribution >= 0.6 is 0 Å². The maximum absolute atomic E-state index is 10.9. The van der Waals surface area contributed by atoms with E-state index in [1.54, 1.807) is 0 Å². The Bertz CT molecular complexity index is 541. The predicted molar refractivity (Wildman–Crippen MR) is 143 cm³/mol. The van der Waals surface area contributed by atoms with Gasteiger partial charge in [0.1, 0.15) is 6.29 Å². The van der Waals surface area contributed by atoms with Crippen molar-refractivity contribution in [2.45, 2.75) is 126 Å². The molecule has 0 aliphatic heterocycles. The van der Waals surface area contributed by atoms with Gasteiger partial charge in [-0.25, -0.2) is 0 Å². The van der Waals surface area contributed by atoms with Crippen LogP contribution in [-0.2, 0) is 4.79 Å². The molecular formula is C31H58O. The summed E-state index contributed by atoms with van der Waals surface area (Å²) in [5.41, 5.74) is 1.20. The molecule has 4 saturated carbocycles. The molecule has 0 aromatic rings. The number of carbonyl (C=O) groups excluding carboxylic acids is 1. The summed E-state index contributed by atoms with van der Waals surface area (Å²) in [5.74, 6) is 6.50. The number of fused-ring (bicyclic) bond motifs is 5. The van der Waals surface area contributed by atoms with Gasteiger partial charge in [-0.3, -0.25) is 0 Å². The first kappa shape index (κ1) is 29.4. The van der Waals surface area contributed by atoms with Crippen molar-refractivity contribution in [1.29, 1.82) is 0 Å². The second-order valence-corrected chi connectivity index (χ2v) is 11.4. The zero-order valence-corrected chi connectivity index (χ0v) is 23.2. The van der Waals surface area contributed by atoms with Gasteiger partial charge in [0.15, 0.2) is 0 Å². The molecule has 0 heterocycles. The topological polar surface area (TPSA) is 17.1 Å². The van der Waals surface area contributed by atoms with Gasteiger partial charge in [0, 0.05) is 6.42 Å². The normalized spacial score (nSPS) is 42.6. The molecule has 4 rings (SSSR count). The molecule has 4 aliphatic rings.